The number of hydrogen-bond donors (Lipinski definition) is 2. The number of carbonyl (C=O) groups is 2. The van der Waals surface area contributed by atoms with Crippen molar-refractivity contribution in [3.8, 4) is 0 Å². The van der Waals surface area contributed by atoms with Crippen LogP contribution in [0.4, 0.5) is 10.7 Å². The largest absolute Gasteiger partial charge is 0.341 e. The fourth-order valence-electron chi connectivity index (χ4n) is 2.83. The molecule has 132 valence electrons. The number of carbonyl (C=O) groups excluding carboxylic acids is 2. The zero-order valence-corrected chi connectivity index (χ0v) is 14.8. The Hall–Kier alpha value is -1.77. The van der Waals surface area contributed by atoms with Gasteiger partial charge in [0.25, 0.3) is 0 Å². The van der Waals surface area contributed by atoms with Crippen molar-refractivity contribution in [1.82, 2.24) is 25.4 Å². The fourth-order valence-corrected chi connectivity index (χ4v) is 3.63. The molecule has 24 heavy (non-hydrogen) atoms. The van der Waals surface area contributed by atoms with E-state index in [1.165, 1.54) is 31.0 Å². The van der Waals surface area contributed by atoms with Gasteiger partial charge in [-0.05, 0) is 39.0 Å². The number of nitrogens with zero attached hydrogens (tertiary/aromatic N) is 4. The highest BCUT2D eigenvalue weighted by molar-refractivity contribution is 7.99. The summed E-state index contributed by atoms with van der Waals surface area (Å²) in [5, 5.41) is 14.3. The highest BCUT2D eigenvalue weighted by Gasteiger charge is 2.32. The molecule has 1 aliphatic carbocycles. The van der Waals surface area contributed by atoms with Gasteiger partial charge in [-0.15, -0.1) is 10.2 Å². The number of thioether (sulfide) groups is 1. The van der Waals surface area contributed by atoms with Crippen LogP contribution in [0.2, 0.25) is 0 Å². The third-order valence-corrected chi connectivity index (χ3v) is 5.06. The second-order valence-corrected chi connectivity index (χ2v) is 7.07. The molecule has 1 saturated heterocycles. The average Bonchev–Trinajstić information content (AvgIpc) is 3.33. The highest BCUT2D eigenvalue weighted by Crippen LogP contribution is 2.41. The van der Waals surface area contributed by atoms with Crippen LogP contribution in [0.15, 0.2) is 5.16 Å². The van der Waals surface area contributed by atoms with Crippen LogP contribution in [0.25, 0.3) is 0 Å². The van der Waals surface area contributed by atoms with Crippen LogP contribution in [0.3, 0.4) is 0 Å². The summed E-state index contributed by atoms with van der Waals surface area (Å²) in [4.78, 5) is 25.5. The van der Waals surface area contributed by atoms with Gasteiger partial charge in [0.05, 0.1) is 5.75 Å². The van der Waals surface area contributed by atoms with E-state index in [-0.39, 0.29) is 11.7 Å². The van der Waals surface area contributed by atoms with E-state index in [2.05, 4.69) is 30.3 Å². The van der Waals surface area contributed by atoms with Gasteiger partial charge in [-0.1, -0.05) is 11.8 Å². The molecule has 1 saturated carbocycles. The Labute approximate surface area is 145 Å². The minimum absolute atomic E-state index is 0.155. The lowest BCUT2D eigenvalue weighted by atomic mass is 10.1. The summed E-state index contributed by atoms with van der Waals surface area (Å²) in [6.45, 7) is 4.33. The molecule has 2 heterocycles. The molecule has 0 radical (unpaired) electrons. The normalized spacial score (nSPS) is 17.6. The van der Waals surface area contributed by atoms with E-state index < -0.39 is 6.03 Å². The summed E-state index contributed by atoms with van der Waals surface area (Å²) < 4.78 is 2.18. The van der Waals surface area contributed by atoms with Gasteiger partial charge in [0, 0.05) is 25.7 Å². The summed E-state index contributed by atoms with van der Waals surface area (Å²) in [5.41, 5.74) is 0. The van der Waals surface area contributed by atoms with Gasteiger partial charge in [-0.2, -0.15) is 0 Å². The quantitative estimate of drug-likeness (QED) is 0.755. The Morgan fingerprint density at radius 3 is 2.62 bits per heavy atom. The van der Waals surface area contributed by atoms with Crippen molar-refractivity contribution in [3.05, 3.63) is 0 Å². The van der Waals surface area contributed by atoms with Crippen LogP contribution in [0, 0.1) is 0 Å². The number of imide groups is 1. The third-order valence-electron chi connectivity index (χ3n) is 4.12. The first-order valence-corrected chi connectivity index (χ1v) is 9.58. The van der Waals surface area contributed by atoms with Crippen LogP contribution in [-0.4, -0.2) is 52.1 Å². The molecule has 2 fully saturated rings. The standard InChI is InChI=1S/C15H24N6O2S/c1-2-16-13(23)17-12(22)10-24-15-19-18-14(21(15)11-6-7-11)20-8-4-3-5-9-20/h11H,2-10H2,1H3,(H2,16,17,22,23). The van der Waals surface area contributed by atoms with E-state index >= 15 is 0 Å². The molecule has 1 aliphatic heterocycles. The van der Waals surface area contributed by atoms with Gasteiger partial charge in [-0.25, -0.2) is 4.79 Å². The van der Waals surface area contributed by atoms with Crippen LogP contribution < -0.4 is 15.5 Å². The molecule has 0 unspecified atom stereocenters. The molecule has 8 nitrogen and oxygen atoms in total. The monoisotopic (exact) mass is 352 g/mol. The molecule has 1 aromatic heterocycles. The number of amides is 3. The van der Waals surface area contributed by atoms with Gasteiger partial charge < -0.3 is 10.2 Å². The van der Waals surface area contributed by atoms with Gasteiger partial charge >= 0.3 is 6.03 Å². The summed E-state index contributed by atoms with van der Waals surface area (Å²) in [6, 6.07) is -0.00774. The molecule has 3 amide bonds. The van der Waals surface area contributed by atoms with Gasteiger partial charge in [0.1, 0.15) is 0 Å². The predicted molar refractivity (Wildman–Crippen MR) is 92.3 cm³/mol. The fraction of sp³-hybridized carbons (Fsp3) is 0.733. The number of nitrogens with one attached hydrogen (secondary N) is 2. The molecule has 0 atom stereocenters. The number of aromatic nitrogens is 3. The smallest absolute Gasteiger partial charge is 0.321 e. The van der Waals surface area contributed by atoms with Gasteiger partial charge in [-0.3, -0.25) is 14.7 Å². The molecular weight excluding hydrogens is 328 g/mol. The molecule has 0 aromatic carbocycles. The van der Waals surface area contributed by atoms with E-state index in [1.807, 2.05) is 0 Å². The van der Waals surface area contributed by atoms with Crippen molar-refractivity contribution in [3.63, 3.8) is 0 Å². The molecular formula is C15H24N6O2S. The Bertz CT molecular complexity index is 595. The lowest BCUT2D eigenvalue weighted by molar-refractivity contribution is -0.117. The SMILES string of the molecule is CCNC(=O)NC(=O)CSc1nnc(N2CCCCC2)n1C1CC1. The topological polar surface area (TPSA) is 92.2 Å². The molecule has 3 rings (SSSR count). The van der Waals surface area contributed by atoms with E-state index in [0.717, 1.165) is 37.0 Å². The molecule has 0 bridgehead atoms. The number of rotatable bonds is 6. The summed E-state index contributed by atoms with van der Waals surface area (Å²) >= 11 is 1.34. The zero-order valence-electron chi connectivity index (χ0n) is 14.0. The number of hydrogen-bond acceptors (Lipinski definition) is 6. The first kappa shape index (κ1) is 17.1. The molecule has 2 N–H and O–H groups in total. The maximum absolute atomic E-state index is 11.8. The predicted octanol–water partition coefficient (Wildman–Crippen LogP) is 1.54. The summed E-state index contributed by atoms with van der Waals surface area (Å²) in [6.07, 6.45) is 5.93. The number of anilines is 1. The highest BCUT2D eigenvalue weighted by atomic mass is 32.2. The van der Waals surface area contributed by atoms with E-state index in [1.54, 1.807) is 6.92 Å². The Morgan fingerprint density at radius 1 is 1.21 bits per heavy atom. The molecule has 1 aromatic rings. The number of urea groups is 1. The lowest BCUT2D eigenvalue weighted by Gasteiger charge is -2.27. The molecule has 0 spiro atoms. The van der Waals surface area contributed by atoms with Crippen molar-refractivity contribution >= 4 is 29.6 Å². The van der Waals surface area contributed by atoms with Crippen LogP contribution in [0.5, 0.6) is 0 Å². The van der Waals surface area contributed by atoms with Crippen molar-refractivity contribution in [1.29, 1.82) is 0 Å². The maximum Gasteiger partial charge on any atom is 0.321 e. The minimum atomic E-state index is -0.458. The zero-order chi connectivity index (χ0) is 16.9. The Balaban J connectivity index is 1.62. The number of piperidine rings is 1. The average molecular weight is 352 g/mol. The van der Waals surface area contributed by atoms with Crippen LogP contribution >= 0.6 is 11.8 Å². The van der Waals surface area contributed by atoms with E-state index in [4.69, 9.17) is 0 Å². The lowest BCUT2D eigenvalue weighted by Crippen LogP contribution is -2.40. The Kier molecular flexibility index (Phi) is 5.60. The van der Waals surface area contributed by atoms with Gasteiger partial charge in [0.2, 0.25) is 11.9 Å². The van der Waals surface area contributed by atoms with Crippen molar-refractivity contribution in [2.24, 2.45) is 0 Å². The van der Waals surface area contributed by atoms with Crippen molar-refractivity contribution in [2.45, 2.75) is 50.2 Å². The van der Waals surface area contributed by atoms with Crippen molar-refractivity contribution in [2.75, 3.05) is 30.3 Å². The molecule has 2 aliphatic rings. The third kappa shape index (κ3) is 4.19. The van der Waals surface area contributed by atoms with Gasteiger partial charge in [0.15, 0.2) is 5.16 Å². The first-order valence-electron chi connectivity index (χ1n) is 8.59. The summed E-state index contributed by atoms with van der Waals surface area (Å²) in [5.74, 6) is 0.766. The second-order valence-electron chi connectivity index (χ2n) is 6.13. The minimum Gasteiger partial charge on any atom is -0.341 e. The first-order chi connectivity index (χ1) is 11.7. The van der Waals surface area contributed by atoms with E-state index in [9.17, 15) is 9.59 Å². The molecule has 9 heteroatoms. The Morgan fingerprint density at radius 2 is 1.96 bits per heavy atom. The van der Waals surface area contributed by atoms with Crippen LogP contribution in [-0.2, 0) is 4.79 Å². The van der Waals surface area contributed by atoms with Crippen LogP contribution in [0.1, 0.15) is 45.1 Å². The maximum atomic E-state index is 11.8. The second kappa shape index (κ2) is 7.87. The van der Waals surface area contributed by atoms with E-state index in [0.29, 0.717) is 12.6 Å². The van der Waals surface area contributed by atoms with Crippen molar-refractivity contribution < 1.29 is 9.59 Å². The summed E-state index contributed by atoms with van der Waals surface area (Å²) in [7, 11) is 0.